The maximum atomic E-state index is 9.15. The first kappa shape index (κ1) is 9.57. The zero-order valence-electron chi connectivity index (χ0n) is 7.64. The van der Waals surface area contributed by atoms with Crippen molar-refractivity contribution in [2.24, 2.45) is 0 Å². The fourth-order valence-corrected chi connectivity index (χ4v) is 1.58. The Kier molecular flexibility index (Phi) is 3.13. The van der Waals surface area contributed by atoms with E-state index in [-0.39, 0.29) is 18.2 Å². The molecule has 1 atom stereocenters. The van der Waals surface area contributed by atoms with E-state index in [1.807, 2.05) is 0 Å². The number of nitrogens with one attached hydrogen (secondary N) is 1. The van der Waals surface area contributed by atoms with Crippen molar-refractivity contribution in [3.8, 4) is 12.3 Å². The van der Waals surface area contributed by atoms with Crippen LogP contribution in [0.4, 0.5) is 0 Å². The molecule has 0 aromatic heterocycles. The Hall–Kier alpha value is -0.520. The lowest BCUT2D eigenvalue weighted by Gasteiger charge is -2.42. The molecular weight excluding hydrogens is 150 g/mol. The third kappa shape index (κ3) is 1.80. The average molecular weight is 167 g/mol. The second-order valence-corrected chi connectivity index (χ2v) is 3.56. The van der Waals surface area contributed by atoms with Crippen molar-refractivity contribution in [3.05, 3.63) is 0 Å². The molecule has 0 aromatic carbocycles. The third-order valence-corrected chi connectivity index (χ3v) is 2.70. The van der Waals surface area contributed by atoms with Gasteiger partial charge in [0.1, 0.15) is 0 Å². The summed E-state index contributed by atoms with van der Waals surface area (Å²) in [7, 11) is 0. The molecule has 2 heteroatoms. The van der Waals surface area contributed by atoms with Gasteiger partial charge in [0.2, 0.25) is 0 Å². The molecule has 2 N–H and O–H groups in total. The molecule has 1 aliphatic carbocycles. The Morgan fingerprint density at radius 1 is 1.67 bits per heavy atom. The van der Waals surface area contributed by atoms with Crippen LogP contribution in [0.2, 0.25) is 0 Å². The minimum absolute atomic E-state index is 0.0486. The quantitative estimate of drug-likeness (QED) is 0.610. The molecule has 0 bridgehead atoms. The predicted molar refractivity (Wildman–Crippen MR) is 49.7 cm³/mol. The molecule has 1 unspecified atom stereocenters. The zero-order valence-corrected chi connectivity index (χ0v) is 7.64. The second kappa shape index (κ2) is 3.93. The topological polar surface area (TPSA) is 32.3 Å². The molecular formula is C10H17NO. The van der Waals surface area contributed by atoms with Crippen molar-refractivity contribution in [3.63, 3.8) is 0 Å². The molecule has 1 rings (SSSR count). The van der Waals surface area contributed by atoms with Gasteiger partial charge in [-0.25, -0.2) is 0 Å². The van der Waals surface area contributed by atoms with Crippen LogP contribution in [0.1, 0.15) is 32.6 Å². The Morgan fingerprint density at radius 2 is 2.33 bits per heavy atom. The van der Waals surface area contributed by atoms with Gasteiger partial charge in [-0.2, -0.15) is 0 Å². The van der Waals surface area contributed by atoms with Crippen LogP contribution in [0.3, 0.4) is 0 Å². The summed E-state index contributed by atoms with van der Waals surface area (Å²) in [5.74, 6) is 2.69. The molecule has 1 fully saturated rings. The summed E-state index contributed by atoms with van der Waals surface area (Å²) in [6.45, 7) is 2.27. The summed E-state index contributed by atoms with van der Waals surface area (Å²) in [4.78, 5) is 0. The van der Waals surface area contributed by atoms with Crippen molar-refractivity contribution >= 4 is 0 Å². The Labute approximate surface area is 74.4 Å². The number of terminal acetylenes is 1. The second-order valence-electron chi connectivity index (χ2n) is 3.56. The van der Waals surface area contributed by atoms with E-state index in [4.69, 9.17) is 11.5 Å². The lowest BCUT2D eigenvalue weighted by molar-refractivity contribution is 0.0826. The number of rotatable bonds is 4. The highest BCUT2D eigenvalue weighted by atomic mass is 16.3. The Morgan fingerprint density at radius 3 is 2.58 bits per heavy atom. The van der Waals surface area contributed by atoms with Gasteiger partial charge in [-0.3, -0.25) is 5.32 Å². The van der Waals surface area contributed by atoms with Crippen molar-refractivity contribution in [2.45, 2.75) is 44.2 Å². The first-order valence-electron chi connectivity index (χ1n) is 4.61. The SMILES string of the molecule is C#CC(CC)NC1(CO)CCC1. The molecule has 1 aliphatic rings. The van der Waals surface area contributed by atoms with Gasteiger partial charge in [0.05, 0.1) is 12.6 Å². The van der Waals surface area contributed by atoms with E-state index in [1.54, 1.807) is 0 Å². The highest BCUT2D eigenvalue weighted by Gasteiger charge is 2.37. The maximum Gasteiger partial charge on any atom is 0.0689 e. The molecule has 0 amide bonds. The smallest absolute Gasteiger partial charge is 0.0689 e. The summed E-state index contributed by atoms with van der Waals surface area (Å²) < 4.78 is 0. The molecule has 2 nitrogen and oxygen atoms in total. The van der Waals surface area contributed by atoms with E-state index in [0.717, 1.165) is 19.3 Å². The number of hydrogen-bond donors (Lipinski definition) is 2. The highest BCUT2D eigenvalue weighted by Crippen LogP contribution is 2.31. The van der Waals surface area contributed by atoms with E-state index in [0.29, 0.717) is 0 Å². The fraction of sp³-hybridized carbons (Fsp3) is 0.800. The summed E-state index contributed by atoms with van der Waals surface area (Å²) >= 11 is 0. The van der Waals surface area contributed by atoms with E-state index in [1.165, 1.54) is 6.42 Å². The highest BCUT2D eigenvalue weighted by molar-refractivity contribution is 5.05. The van der Waals surface area contributed by atoms with E-state index in [2.05, 4.69) is 18.2 Å². The van der Waals surface area contributed by atoms with E-state index < -0.39 is 0 Å². The van der Waals surface area contributed by atoms with E-state index >= 15 is 0 Å². The molecule has 0 spiro atoms. The predicted octanol–water partition coefficient (Wildman–Crippen LogP) is 0.903. The van der Waals surface area contributed by atoms with Crippen LogP contribution in [0, 0.1) is 12.3 Å². The van der Waals surface area contributed by atoms with Gasteiger partial charge in [0, 0.05) is 5.54 Å². The van der Waals surface area contributed by atoms with Gasteiger partial charge in [-0.05, 0) is 25.7 Å². The molecule has 0 aromatic rings. The van der Waals surface area contributed by atoms with Crippen LogP contribution in [0.25, 0.3) is 0 Å². The minimum Gasteiger partial charge on any atom is -0.394 e. The number of aliphatic hydroxyl groups is 1. The molecule has 12 heavy (non-hydrogen) atoms. The normalized spacial score (nSPS) is 22.4. The molecule has 68 valence electrons. The van der Waals surface area contributed by atoms with Crippen LogP contribution in [0.5, 0.6) is 0 Å². The monoisotopic (exact) mass is 167 g/mol. The minimum atomic E-state index is -0.0486. The van der Waals surface area contributed by atoms with Gasteiger partial charge in [0.15, 0.2) is 0 Å². The van der Waals surface area contributed by atoms with Gasteiger partial charge < -0.3 is 5.11 Å². The number of aliphatic hydroxyl groups excluding tert-OH is 1. The Bertz CT molecular complexity index is 173. The van der Waals surface area contributed by atoms with Gasteiger partial charge in [-0.1, -0.05) is 12.8 Å². The van der Waals surface area contributed by atoms with Crippen molar-refractivity contribution < 1.29 is 5.11 Å². The number of hydrogen-bond acceptors (Lipinski definition) is 2. The van der Waals surface area contributed by atoms with E-state index in [9.17, 15) is 0 Å². The van der Waals surface area contributed by atoms with Gasteiger partial charge >= 0.3 is 0 Å². The Balaban J connectivity index is 2.42. The van der Waals surface area contributed by atoms with Crippen LogP contribution in [-0.4, -0.2) is 23.3 Å². The third-order valence-electron chi connectivity index (χ3n) is 2.70. The van der Waals surface area contributed by atoms with Crippen LogP contribution in [0.15, 0.2) is 0 Å². The molecule has 0 aliphatic heterocycles. The summed E-state index contributed by atoms with van der Waals surface area (Å²) in [6, 6.07) is 0.123. The van der Waals surface area contributed by atoms with Crippen LogP contribution >= 0.6 is 0 Å². The summed E-state index contributed by atoms with van der Waals surface area (Å²) in [6.07, 6.45) is 9.58. The summed E-state index contributed by atoms with van der Waals surface area (Å²) in [5.41, 5.74) is -0.0486. The lowest BCUT2D eigenvalue weighted by atomic mass is 9.77. The van der Waals surface area contributed by atoms with Gasteiger partial charge in [0.25, 0.3) is 0 Å². The lowest BCUT2D eigenvalue weighted by Crippen LogP contribution is -2.57. The maximum absolute atomic E-state index is 9.15. The molecule has 1 saturated carbocycles. The first-order valence-corrected chi connectivity index (χ1v) is 4.61. The van der Waals surface area contributed by atoms with Crippen molar-refractivity contribution in [1.82, 2.24) is 5.32 Å². The van der Waals surface area contributed by atoms with Crippen molar-refractivity contribution in [1.29, 1.82) is 0 Å². The zero-order chi connectivity index (χ0) is 9.03. The largest absolute Gasteiger partial charge is 0.394 e. The van der Waals surface area contributed by atoms with Crippen molar-refractivity contribution in [2.75, 3.05) is 6.61 Å². The fourth-order valence-electron chi connectivity index (χ4n) is 1.58. The molecule has 0 saturated heterocycles. The first-order chi connectivity index (χ1) is 5.76. The van der Waals surface area contributed by atoms with Gasteiger partial charge in [-0.15, -0.1) is 6.42 Å². The average Bonchev–Trinajstić information content (AvgIpc) is 2.05. The molecule has 0 heterocycles. The standard InChI is InChI=1S/C10H17NO/c1-3-9(4-2)11-10(8-12)6-5-7-10/h1,9,11-12H,4-8H2,2H3. The molecule has 0 radical (unpaired) electrons. The van der Waals surface area contributed by atoms with Crippen LogP contribution in [-0.2, 0) is 0 Å². The summed E-state index contributed by atoms with van der Waals surface area (Å²) in [5, 5.41) is 12.5. The van der Waals surface area contributed by atoms with Crippen LogP contribution < -0.4 is 5.32 Å².